The fraction of sp³-hybridized carbons (Fsp3) is 0.125. The van der Waals surface area contributed by atoms with Crippen LogP contribution in [0, 0.1) is 5.82 Å². The van der Waals surface area contributed by atoms with Gasteiger partial charge in [-0.3, -0.25) is 9.59 Å². The number of benzene rings is 2. The van der Waals surface area contributed by atoms with E-state index < -0.39 is 17.6 Å². The lowest BCUT2D eigenvalue weighted by molar-refractivity contribution is -0.136. The maximum atomic E-state index is 13.0. The Balaban J connectivity index is 1.79. The molecular formula is C16H15FN2O2. The SMILES string of the molecule is O=C(NCCc1ccccc1)C(=O)Nc1cccc(F)c1. The van der Waals surface area contributed by atoms with Gasteiger partial charge < -0.3 is 10.6 Å². The predicted molar refractivity (Wildman–Crippen MR) is 78.2 cm³/mol. The largest absolute Gasteiger partial charge is 0.347 e. The van der Waals surface area contributed by atoms with Crippen molar-refractivity contribution in [2.24, 2.45) is 0 Å². The lowest BCUT2D eigenvalue weighted by atomic mass is 10.1. The van der Waals surface area contributed by atoms with E-state index in [0.29, 0.717) is 13.0 Å². The Morgan fingerprint density at radius 2 is 1.71 bits per heavy atom. The molecule has 0 aliphatic heterocycles. The van der Waals surface area contributed by atoms with Gasteiger partial charge in [0.15, 0.2) is 0 Å². The zero-order valence-corrected chi connectivity index (χ0v) is 11.3. The highest BCUT2D eigenvalue weighted by Gasteiger charge is 2.13. The molecule has 5 heteroatoms. The maximum absolute atomic E-state index is 13.0. The summed E-state index contributed by atoms with van der Waals surface area (Å²) >= 11 is 0. The fourth-order valence-electron chi connectivity index (χ4n) is 1.80. The van der Waals surface area contributed by atoms with Gasteiger partial charge in [0.05, 0.1) is 0 Å². The molecular weight excluding hydrogens is 271 g/mol. The Kier molecular flexibility index (Phi) is 5.04. The maximum Gasteiger partial charge on any atom is 0.313 e. The minimum Gasteiger partial charge on any atom is -0.347 e. The molecule has 2 rings (SSSR count). The number of rotatable bonds is 4. The van der Waals surface area contributed by atoms with E-state index in [-0.39, 0.29) is 5.69 Å². The van der Waals surface area contributed by atoms with Crippen molar-refractivity contribution in [3.05, 3.63) is 66.0 Å². The Morgan fingerprint density at radius 3 is 2.43 bits per heavy atom. The van der Waals surface area contributed by atoms with Crippen LogP contribution in [-0.2, 0) is 16.0 Å². The molecule has 2 N–H and O–H groups in total. The summed E-state index contributed by atoms with van der Waals surface area (Å²) in [5.74, 6) is -2.03. The van der Waals surface area contributed by atoms with Gasteiger partial charge in [0, 0.05) is 12.2 Å². The van der Waals surface area contributed by atoms with Crippen LogP contribution in [0.25, 0.3) is 0 Å². The molecule has 21 heavy (non-hydrogen) atoms. The average Bonchev–Trinajstić information content (AvgIpc) is 2.48. The number of hydrogen-bond acceptors (Lipinski definition) is 2. The van der Waals surface area contributed by atoms with Gasteiger partial charge >= 0.3 is 11.8 Å². The quantitative estimate of drug-likeness (QED) is 0.846. The molecule has 0 aliphatic rings. The van der Waals surface area contributed by atoms with E-state index in [9.17, 15) is 14.0 Å². The van der Waals surface area contributed by atoms with Gasteiger partial charge in [-0.1, -0.05) is 36.4 Å². The summed E-state index contributed by atoms with van der Waals surface area (Å²) in [7, 11) is 0. The Bertz CT molecular complexity index is 629. The number of carbonyl (C=O) groups excluding carboxylic acids is 2. The third-order valence-electron chi connectivity index (χ3n) is 2.83. The third-order valence-corrected chi connectivity index (χ3v) is 2.83. The zero-order valence-electron chi connectivity index (χ0n) is 11.3. The zero-order chi connectivity index (χ0) is 15.1. The molecule has 2 aromatic carbocycles. The summed E-state index contributed by atoms with van der Waals surface area (Å²) in [5.41, 5.74) is 1.32. The molecule has 2 aromatic rings. The second-order valence-corrected chi connectivity index (χ2v) is 4.46. The number of nitrogens with one attached hydrogen (secondary N) is 2. The second-order valence-electron chi connectivity index (χ2n) is 4.46. The molecule has 2 amide bonds. The molecule has 108 valence electrons. The first kappa shape index (κ1) is 14.7. The van der Waals surface area contributed by atoms with Crippen molar-refractivity contribution in [2.75, 3.05) is 11.9 Å². The summed E-state index contributed by atoms with van der Waals surface area (Å²) in [4.78, 5) is 23.2. The lowest BCUT2D eigenvalue weighted by Crippen LogP contribution is -2.36. The molecule has 0 saturated heterocycles. The second kappa shape index (κ2) is 7.19. The molecule has 0 heterocycles. The number of hydrogen-bond donors (Lipinski definition) is 2. The van der Waals surface area contributed by atoms with Crippen LogP contribution >= 0.6 is 0 Å². The van der Waals surface area contributed by atoms with E-state index in [0.717, 1.165) is 11.6 Å². The van der Waals surface area contributed by atoms with Crippen molar-refractivity contribution in [3.63, 3.8) is 0 Å². The first-order valence-corrected chi connectivity index (χ1v) is 6.54. The summed E-state index contributed by atoms with van der Waals surface area (Å²) in [6.07, 6.45) is 0.639. The smallest absolute Gasteiger partial charge is 0.313 e. The van der Waals surface area contributed by atoms with Crippen LogP contribution in [0.15, 0.2) is 54.6 Å². The highest BCUT2D eigenvalue weighted by atomic mass is 19.1. The molecule has 0 atom stereocenters. The molecule has 0 unspecified atom stereocenters. The summed E-state index contributed by atoms with van der Waals surface area (Å²) < 4.78 is 13.0. The lowest BCUT2D eigenvalue weighted by Gasteiger charge is -2.06. The minimum atomic E-state index is -0.811. The van der Waals surface area contributed by atoms with E-state index in [1.165, 1.54) is 18.2 Å². The van der Waals surface area contributed by atoms with Crippen molar-refractivity contribution in [1.82, 2.24) is 5.32 Å². The molecule has 0 aliphatic carbocycles. The highest BCUT2D eigenvalue weighted by Crippen LogP contribution is 2.08. The third kappa shape index (κ3) is 4.72. The van der Waals surface area contributed by atoms with Gasteiger partial charge in [-0.2, -0.15) is 0 Å². The minimum absolute atomic E-state index is 0.248. The average molecular weight is 286 g/mol. The molecule has 4 nitrogen and oxygen atoms in total. The number of carbonyl (C=O) groups is 2. The van der Waals surface area contributed by atoms with Crippen molar-refractivity contribution in [1.29, 1.82) is 0 Å². The number of halogens is 1. The van der Waals surface area contributed by atoms with Crippen molar-refractivity contribution in [2.45, 2.75) is 6.42 Å². The van der Waals surface area contributed by atoms with E-state index in [2.05, 4.69) is 10.6 Å². The van der Waals surface area contributed by atoms with Gasteiger partial charge in [-0.05, 0) is 30.2 Å². The predicted octanol–water partition coefficient (Wildman–Crippen LogP) is 2.12. The Morgan fingerprint density at radius 1 is 0.952 bits per heavy atom. The van der Waals surface area contributed by atoms with Crippen LogP contribution in [0.1, 0.15) is 5.56 Å². The van der Waals surface area contributed by atoms with E-state index in [1.807, 2.05) is 30.3 Å². The molecule has 0 aromatic heterocycles. The van der Waals surface area contributed by atoms with Gasteiger partial charge in [0.1, 0.15) is 5.82 Å². The fourth-order valence-corrected chi connectivity index (χ4v) is 1.80. The van der Waals surface area contributed by atoms with Gasteiger partial charge in [-0.25, -0.2) is 4.39 Å². The Labute approximate surface area is 122 Å². The molecule has 0 saturated carbocycles. The first-order chi connectivity index (χ1) is 10.1. The van der Waals surface area contributed by atoms with Crippen LogP contribution in [0.5, 0.6) is 0 Å². The van der Waals surface area contributed by atoms with Crippen LogP contribution in [0.3, 0.4) is 0 Å². The van der Waals surface area contributed by atoms with Crippen molar-refractivity contribution in [3.8, 4) is 0 Å². The van der Waals surface area contributed by atoms with Gasteiger partial charge in [0.25, 0.3) is 0 Å². The molecule has 0 spiro atoms. The normalized spacial score (nSPS) is 9.95. The monoisotopic (exact) mass is 286 g/mol. The Hall–Kier alpha value is -2.69. The number of amides is 2. The summed E-state index contributed by atoms with van der Waals surface area (Å²) in [6, 6.07) is 15.0. The first-order valence-electron chi connectivity index (χ1n) is 6.54. The van der Waals surface area contributed by atoms with Gasteiger partial charge in [0.2, 0.25) is 0 Å². The summed E-state index contributed by atoms with van der Waals surface area (Å²) in [5, 5.41) is 4.86. The van der Waals surface area contributed by atoms with Crippen LogP contribution in [0.4, 0.5) is 10.1 Å². The van der Waals surface area contributed by atoms with Crippen LogP contribution in [-0.4, -0.2) is 18.4 Å². The van der Waals surface area contributed by atoms with Gasteiger partial charge in [-0.15, -0.1) is 0 Å². The van der Waals surface area contributed by atoms with Crippen molar-refractivity contribution >= 4 is 17.5 Å². The molecule has 0 bridgehead atoms. The highest BCUT2D eigenvalue weighted by molar-refractivity contribution is 6.39. The van der Waals surface area contributed by atoms with Crippen LogP contribution in [0.2, 0.25) is 0 Å². The molecule has 0 radical (unpaired) electrons. The number of anilines is 1. The van der Waals surface area contributed by atoms with Crippen LogP contribution < -0.4 is 10.6 Å². The van der Waals surface area contributed by atoms with E-state index in [1.54, 1.807) is 0 Å². The van der Waals surface area contributed by atoms with E-state index >= 15 is 0 Å². The molecule has 0 fully saturated rings. The topological polar surface area (TPSA) is 58.2 Å². The summed E-state index contributed by atoms with van der Waals surface area (Å²) in [6.45, 7) is 0.361. The van der Waals surface area contributed by atoms with Crippen molar-refractivity contribution < 1.29 is 14.0 Å². The standard InChI is InChI=1S/C16H15FN2O2/c17-13-7-4-8-14(11-13)19-16(21)15(20)18-10-9-12-5-2-1-3-6-12/h1-8,11H,9-10H2,(H,18,20)(H,19,21). The van der Waals surface area contributed by atoms with E-state index in [4.69, 9.17) is 0 Å².